The minimum absolute atomic E-state index is 0.240. The number of urea groups is 1. The van der Waals surface area contributed by atoms with Crippen LogP contribution in [0.4, 0.5) is 4.79 Å². The predicted molar refractivity (Wildman–Crippen MR) is 57.5 cm³/mol. The highest BCUT2D eigenvalue weighted by molar-refractivity contribution is 9.12. The van der Waals surface area contributed by atoms with Gasteiger partial charge in [-0.2, -0.15) is 0 Å². The molecule has 0 rings (SSSR count). The van der Waals surface area contributed by atoms with Gasteiger partial charge in [0.1, 0.15) is 0 Å². The molecule has 0 unspecified atom stereocenters. The first-order valence-corrected chi connectivity index (χ1v) is 4.79. The van der Waals surface area contributed by atoms with E-state index >= 15 is 0 Å². The third-order valence-corrected chi connectivity index (χ3v) is 1.44. The van der Waals surface area contributed by atoms with Crippen LogP contribution in [-0.4, -0.2) is 19.1 Å². The maximum atomic E-state index is 10.9. The zero-order valence-electron chi connectivity index (χ0n) is 6.49. The maximum absolute atomic E-state index is 10.9. The largest absolute Gasteiger partial charge is 0.334 e. The molecule has 0 aliphatic rings. The third-order valence-electron chi connectivity index (χ3n) is 0.882. The first kappa shape index (κ1) is 11.7. The molecule has 0 aliphatic carbocycles. The number of nitrogens with one attached hydrogen (secondary N) is 2. The second-order valence-corrected chi connectivity index (χ2v) is 4.31. The van der Waals surface area contributed by atoms with Crippen LogP contribution < -0.4 is 10.6 Å². The molecular formula is C7H10Br2N2O. The average molecular weight is 298 g/mol. The Morgan fingerprint density at radius 3 is 1.67 bits per heavy atom. The van der Waals surface area contributed by atoms with Crippen LogP contribution in [0.3, 0.4) is 0 Å². The summed E-state index contributed by atoms with van der Waals surface area (Å²) >= 11 is 6.24. The fourth-order valence-corrected chi connectivity index (χ4v) is 0.695. The van der Waals surface area contributed by atoms with E-state index in [9.17, 15) is 4.79 Å². The zero-order chi connectivity index (χ0) is 9.56. The van der Waals surface area contributed by atoms with Crippen molar-refractivity contribution in [1.82, 2.24) is 10.6 Å². The monoisotopic (exact) mass is 296 g/mol. The maximum Gasteiger partial charge on any atom is 0.315 e. The highest BCUT2D eigenvalue weighted by Gasteiger charge is 1.98. The van der Waals surface area contributed by atoms with Gasteiger partial charge in [0.05, 0.1) is 13.1 Å². The Balaban J connectivity index is 3.47. The van der Waals surface area contributed by atoms with Gasteiger partial charge >= 0.3 is 6.03 Å². The lowest BCUT2D eigenvalue weighted by molar-refractivity contribution is 0.243. The molecular weight excluding hydrogens is 288 g/mol. The molecule has 0 radical (unpaired) electrons. The minimum atomic E-state index is -0.240. The first-order chi connectivity index (χ1) is 5.52. The first-order valence-electron chi connectivity index (χ1n) is 3.20. The van der Waals surface area contributed by atoms with Gasteiger partial charge in [-0.15, -0.1) is 0 Å². The zero-order valence-corrected chi connectivity index (χ0v) is 9.66. The number of carbonyl (C=O) groups is 1. The second-order valence-electron chi connectivity index (χ2n) is 2.07. The molecule has 2 N–H and O–H groups in total. The van der Waals surface area contributed by atoms with Crippen LogP contribution in [0.5, 0.6) is 0 Å². The lowest BCUT2D eigenvalue weighted by Gasteiger charge is -2.05. The van der Waals surface area contributed by atoms with Gasteiger partial charge in [0.2, 0.25) is 0 Å². The Labute approximate surface area is 88.5 Å². The third kappa shape index (κ3) is 7.81. The fraction of sp³-hybridized carbons (Fsp3) is 0.286. The van der Waals surface area contributed by atoms with E-state index in [1.165, 1.54) is 0 Å². The molecule has 0 fully saturated rings. The quantitative estimate of drug-likeness (QED) is 0.820. The Morgan fingerprint density at radius 1 is 1.08 bits per heavy atom. The number of rotatable bonds is 4. The van der Waals surface area contributed by atoms with Gasteiger partial charge in [-0.1, -0.05) is 45.0 Å². The summed E-state index contributed by atoms with van der Waals surface area (Å²) in [7, 11) is 0. The van der Waals surface area contributed by atoms with Crippen LogP contribution in [0.25, 0.3) is 0 Å². The van der Waals surface area contributed by atoms with E-state index in [4.69, 9.17) is 0 Å². The summed E-state index contributed by atoms with van der Waals surface area (Å²) in [6, 6.07) is -0.240. The number of hydrogen-bond donors (Lipinski definition) is 2. The summed E-state index contributed by atoms with van der Waals surface area (Å²) in [4.78, 5) is 10.9. The van der Waals surface area contributed by atoms with Crippen molar-refractivity contribution in [3.8, 4) is 0 Å². The summed E-state index contributed by atoms with van der Waals surface area (Å²) < 4.78 is 1.46. The molecule has 0 aliphatic heterocycles. The second kappa shape index (κ2) is 6.25. The molecule has 0 spiro atoms. The van der Waals surface area contributed by atoms with Gasteiger partial charge in [-0.3, -0.25) is 0 Å². The number of hydrogen-bond acceptors (Lipinski definition) is 1. The number of halogens is 2. The van der Waals surface area contributed by atoms with Crippen LogP contribution in [0.1, 0.15) is 0 Å². The molecule has 2 amide bonds. The van der Waals surface area contributed by atoms with Crippen molar-refractivity contribution in [2.24, 2.45) is 0 Å². The molecule has 0 aromatic heterocycles. The fourth-order valence-electron chi connectivity index (χ4n) is 0.415. The van der Waals surface area contributed by atoms with Gasteiger partial charge in [0.15, 0.2) is 0 Å². The van der Waals surface area contributed by atoms with E-state index in [0.717, 1.165) is 8.96 Å². The van der Waals surface area contributed by atoms with Crippen molar-refractivity contribution in [3.63, 3.8) is 0 Å². The Bertz CT molecular complexity index is 184. The van der Waals surface area contributed by atoms with Crippen molar-refractivity contribution in [3.05, 3.63) is 22.1 Å². The molecule has 3 nitrogen and oxygen atoms in total. The smallest absolute Gasteiger partial charge is 0.315 e. The molecule has 0 heterocycles. The Hall–Kier alpha value is -0.290. The molecule has 0 aromatic rings. The number of amides is 2. The lowest BCUT2D eigenvalue weighted by atomic mass is 10.6. The van der Waals surface area contributed by atoms with Crippen LogP contribution >= 0.6 is 31.9 Å². The van der Waals surface area contributed by atoms with Gasteiger partial charge in [0, 0.05) is 8.96 Å². The molecule has 0 atom stereocenters. The van der Waals surface area contributed by atoms with Gasteiger partial charge < -0.3 is 10.6 Å². The number of carbonyl (C=O) groups excluding carboxylic acids is 1. The van der Waals surface area contributed by atoms with Crippen molar-refractivity contribution < 1.29 is 4.79 Å². The molecule has 0 saturated heterocycles. The van der Waals surface area contributed by atoms with E-state index in [-0.39, 0.29) is 6.03 Å². The minimum Gasteiger partial charge on any atom is -0.334 e. The van der Waals surface area contributed by atoms with E-state index in [1.54, 1.807) is 0 Å². The van der Waals surface area contributed by atoms with Crippen LogP contribution in [0, 0.1) is 0 Å². The van der Waals surface area contributed by atoms with Crippen molar-refractivity contribution in [2.45, 2.75) is 0 Å². The normalized spacial score (nSPS) is 8.83. The highest BCUT2D eigenvalue weighted by Crippen LogP contribution is 1.97. The SMILES string of the molecule is C=C(Br)CNC(=O)NCC(=C)Br. The molecule has 0 aromatic carbocycles. The Morgan fingerprint density at radius 2 is 1.42 bits per heavy atom. The summed E-state index contributed by atoms with van der Waals surface area (Å²) in [5, 5.41) is 5.16. The van der Waals surface area contributed by atoms with Crippen LogP contribution in [-0.2, 0) is 0 Å². The highest BCUT2D eigenvalue weighted by atomic mass is 79.9. The summed E-state index contributed by atoms with van der Waals surface area (Å²) in [6.07, 6.45) is 0. The molecule has 12 heavy (non-hydrogen) atoms. The summed E-state index contributed by atoms with van der Waals surface area (Å²) in [6.45, 7) is 7.97. The van der Waals surface area contributed by atoms with Crippen LogP contribution in [0.2, 0.25) is 0 Å². The van der Waals surface area contributed by atoms with Crippen LogP contribution in [0.15, 0.2) is 22.1 Å². The Kier molecular flexibility index (Phi) is 6.10. The van der Waals surface area contributed by atoms with Crippen molar-refractivity contribution in [1.29, 1.82) is 0 Å². The average Bonchev–Trinajstić information content (AvgIpc) is 1.96. The van der Waals surface area contributed by atoms with E-state index in [0.29, 0.717) is 13.1 Å². The summed E-state index contributed by atoms with van der Waals surface area (Å²) in [5.41, 5.74) is 0. The molecule has 0 saturated carbocycles. The molecule has 68 valence electrons. The lowest BCUT2D eigenvalue weighted by Crippen LogP contribution is -2.36. The van der Waals surface area contributed by atoms with Gasteiger partial charge in [0.25, 0.3) is 0 Å². The van der Waals surface area contributed by atoms with Crippen molar-refractivity contribution in [2.75, 3.05) is 13.1 Å². The summed E-state index contributed by atoms with van der Waals surface area (Å²) in [5.74, 6) is 0. The van der Waals surface area contributed by atoms with E-state index in [1.807, 2.05) is 0 Å². The van der Waals surface area contributed by atoms with E-state index in [2.05, 4.69) is 55.7 Å². The standard InChI is InChI=1S/C7H10Br2N2O/c1-5(8)3-10-7(12)11-4-6(2)9/h1-4H2,(H2,10,11,12). The van der Waals surface area contributed by atoms with Gasteiger partial charge in [-0.05, 0) is 0 Å². The molecule has 5 heteroatoms. The van der Waals surface area contributed by atoms with Crippen molar-refractivity contribution >= 4 is 37.9 Å². The van der Waals surface area contributed by atoms with E-state index < -0.39 is 0 Å². The van der Waals surface area contributed by atoms with Gasteiger partial charge in [-0.25, -0.2) is 4.79 Å². The predicted octanol–water partition coefficient (Wildman–Crippen LogP) is 2.10. The molecule has 0 bridgehead atoms. The topological polar surface area (TPSA) is 41.1 Å².